The highest BCUT2D eigenvalue weighted by Gasteiger charge is 2.35. The average molecular weight is 332 g/mol. The van der Waals surface area contributed by atoms with Crippen LogP contribution >= 0.6 is 23.5 Å². The summed E-state index contributed by atoms with van der Waals surface area (Å²) in [6.45, 7) is 0.523. The van der Waals surface area contributed by atoms with Gasteiger partial charge in [0.2, 0.25) is 5.91 Å². The van der Waals surface area contributed by atoms with Gasteiger partial charge in [-0.2, -0.15) is 0 Å². The summed E-state index contributed by atoms with van der Waals surface area (Å²) in [4.78, 5) is 24.6. The average Bonchev–Trinajstić information content (AvgIpc) is 2.89. The third-order valence-corrected chi connectivity index (χ3v) is 4.96. The summed E-state index contributed by atoms with van der Waals surface area (Å²) in [5, 5.41) is 0.245. The topological polar surface area (TPSA) is 37.4 Å². The lowest BCUT2D eigenvalue weighted by molar-refractivity contribution is -0.125. The zero-order chi connectivity index (χ0) is 15.5. The van der Waals surface area contributed by atoms with Gasteiger partial charge in [-0.3, -0.25) is 13.9 Å². The van der Waals surface area contributed by atoms with E-state index in [2.05, 4.69) is 0 Å². The molecule has 2 aromatic carbocycles. The second kappa shape index (κ2) is 6.55. The minimum absolute atomic E-state index is 0.00108. The predicted molar refractivity (Wildman–Crippen MR) is 88.8 cm³/mol. The first-order valence-corrected chi connectivity index (χ1v) is 8.16. The molecular weight excluding hydrogens is 318 g/mol. The summed E-state index contributed by atoms with van der Waals surface area (Å²) in [5.74, 6) is -0.0215. The summed E-state index contributed by atoms with van der Waals surface area (Å²) in [6.07, 6.45) is 0.249. The number of ketones is 1. The zero-order valence-electron chi connectivity index (χ0n) is 11.7. The van der Waals surface area contributed by atoms with E-state index in [1.165, 1.54) is 11.9 Å². The van der Waals surface area contributed by atoms with E-state index in [1.54, 1.807) is 28.6 Å². The molecule has 1 unspecified atom stereocenters. The van der Waals surface area contributed by atoms with Crippen LogP contribution in [0.4, 0.5) is 0 Å². The van der Waals surface area contributed by atoms with Crippen molar-refractivity contribution >= 4 is 35.2 Å². The number of halogens is 1. The Morgan fingerprint density at radius 3 is 2.50 bits per heavy atom. The lowest BCUT2D eigenvalue weighted by Gasteiger charge is -2.15. The van der Waals surface area contributed by atoms with E-state index in [1.807, 2.05) is 30.3 Å². The van der Waals surface area contributed by atoms with Crippen molar-refractivity contribution in [3.8, 4) is 0 Å². The molecule has 3 rings (SSSR count). The minimum Gasteiger partial charge on any atom is -0.293 e. The predicted octanol–water partition coefficient (Wildman–Crippen LogP) is 3.97. The Kier molecular flexibility index (Phi) is 4.50. The highest BCUT2D eigenvalue weighted by atomic mass is 35.5. The first kappa shape index (κ1) is 15.1. The molecule has 112 valence electrons. The number of hydrogen-bond acceptors (Lipinski definition) is 3. The van der Waals surface area contributed by atoms with Crippen LogP contribution in [0.5, 0.6) is 0 Å². The van der Waals surface area contributed by atoms with Crippen LogP contribution in [0.2, 0.25) is 5.02 Å². The number of hydrogen-bond donors (Lipinski definition) is 0. The number of carbonyl (C=O) groups is 2. The first-order chi connectivity index (χ1) is 10.6. The maximum absolute atomic E-state index is 12.5. The van der Waals surface area contributed by atoms with Crippen molar-refractivity contribution in [3.63, 3.8) is 0 Å². The molecular formula is C17H14ClNO2S. The van der Waals surface area contributed by atoms with Crippen molar-refractivity contribution in [1.82, 2.24) is 4.31 Å². The number of rotatable bonds is 4. The Hall–Kier alpha value is -1.78. The van der Waals surface area contributed by atoms with Crippen molar-refractivity contribution in [2.24, 2.45) is 0 Å². The molecule has 3 nitrogen and oxygen atoms in total. The van der Waals surface area contributed by atoms with Crippen molar-refractivity contribution in [2.45, 2.75) is 18.2 Å². The smallest absolute Gasteiger partial charge is 0.234 e. The number of carbonyl (C=O) groups excluding carboxylic acids is 2. The summed E-state index contributed by atoms with van der Waals surface area (Å²) < 4.78 is 1.67. The van der Waals surface area contributed by atoms with E-state index in [9.17, 15) is 9.59 Å². The molecule has 1 fully saturated rings. The van der Waals surface area contributed by atoms with Gasteiger partial charge >= 0.3 is 0 Å². The largest absolute Gasteiger partial charge is 0.293 e. The second-order valence-corrected chi connectivity index (χ2v) is 6.74. The second-order valence-electron chi connectivity index (χ2n) is 5.09. The van der Waals surface area contributed by atoms with E-state index in [-0.39, 0.29) is 23.4 Å². The van der Waals surface area contributed by atoms with Crippen molar-refractivity contribution < 1.29 is 9.59 Å². The molecule has 0 aromatic heterocycles. The van der Waals surface area contributed by atoms with Crippen molar-refractivity contribution in [2.75, 3.05) is 0 Å². The molecule has 2 aromatic rings. The minimum atomic E-state index is -0.350. The van der Waals surface area contributed by atoms with E-state index in [0.29, 0.717) is 17.1 Å². The van der Waals surface area contributed by atoms with Gasteiger partial charge in [-0.15, -0.1) is 0 Å². The van der Waals surface area contributed by atoms with Crippen molar-refractivity contribution in [1.29, 1.82) is 0 Å². The van der Waals surface area contributed by atoms with Crippen LogP contribution in [-0.4, -0.2) is 21.2 Å². The highest BCUT2D eigenvalue weighted by molar-refractivity contribution is 7.99. The number of benzene rings is 2. The number of Topliss-reactive ketones (excluding diaryl/α,β-unsaturated/α-hetero) is 1. The molecule has 0 aliphatic carbocycles. The lowest BCUT2D eigenvalue weighted by atomic mass is 10.1. The van der Waals surface area contributed by atoms with Gasteiger partial charge in [-0.1, -0.05) is 41.9 Å². The van der Waals surface area contributed by atoms with Crippen LogP contribution in [0.3, 0.4) is 0 Å². The maximum atomic E-state index is 12.5. The summed E-state index contributed by atoms with van der Waals surface area (Å²) in [6, 6.07) is 16.6. The van der Waals surface area contributed by atoms with Gasteiger partial charge < -0.3 is 0 Å². The summed E-state index contributed by atoms with van der Waals surface area (Å²) in [5.41, 5.74) is 1.65. The van der Waals surface area contributed by atoms with Gasteiger partial charge in [0.15, 0.2) is 5.78 Å². The van der Waals surface area contributed by atoms with Gasteiger partial charge in [0.25, 0.3) is 0 Å². The normalized spacial score (nSPS) is 17.8. The van der Waals surface area contributed by atoms with E-state index in [0.717, 1.165) is 5.56 Å². The van der Waals surface area contributed by atoms with Gasteiger partial charge in [0.1, 0.15) is 0 Å². The van der Waals surface area contributed by atoms with Crippen LogP contribution in [0.1, 0.15) is 22.3 Å². The fourth-order valence-electron chi connectivity index (χ4n) is 2.33. The standard InChI is InChI=1S/C17H14ClNO2S/c18-14-8-6-13(7-9-14)17(21)15-10-16(20)19(22-15)11-12-4-2-1-3-5-12/h1-9,15H,10-11H2. The molecule has 1 atom stereocenters. The molecule has 22 heavy (non-hydrogen) atoms. The Morgan fingerprint density at radius 2 is 1.82 bits per heavy atom. The van der Waals surface area contributed by atoms with Gasteiger partial charge in [0.05, 0.1) is 11.8 Å². The van der Waals surface area contributed by atoms with Crippen LogP contribution in [0.25, 0.3) is 0 Å². The molecule has 1 aliphatic heterocycles. The maximum Gasteiger partial charge on any atom is 0.234 e. The Morgan fingerprint density at radius 1 is 1.14 bits per heavy atom. The molecule has 1 heterocycles. The molecule has 1 aliphatic rings. The monoisotopic (exact) mass is 331 g/mol. The third kappa shape index (κ3) is 3.34. The zero-order valence-corrected chi connectivity index (χ0v) is 13.3. The van der Waals surface area contributed by atoms with Crippen LogP contribution in [0, 0.1) is 0 Å². The van der Waals surface area contributed by atoms with E-state index < -0.39 is 0 Å². The van der Waals surface area contributed by atoms with Gasteiger partial charge in [0, 0.05) is 17.0 Å². The molecule has 1 amide bonds. The Balaban J connectivity index is 1.69. The fraction of sp³-hybridized carbons (Fsp3) is 0.176. The fourth-order valence-corrected chi connectivity index (χ4v) is 3.62. The Bertz CT molecular complexity index is 688. The van der Waals surface area contributed by atoms with Crippen molar-refractivity contribution in [3.05, 3.63) is 70.7 Å². The molecule has 0 radical (unpaired) electrons. The Labute approximate surface area is 138 Å². The molecule has 1 saturated heterocycles. The lowest BCUT2D eigenvalue weighted by Crippen LogP contribution is -2.17. The molecule has 0 saturated carbocycles. The number of nitrogens with zero attached hydrogens (tertiary/aromatic N) is 1. The van der Waals surface area contributed by atoms with Gasteiger partial charge in [-0.05, 0) is 41.8 Å². The van der Waals surface area contributed by atoms with E-state index >= 15 is 0 Å². The number of amides is 1. The first-order valence-electron chi connectivity index (χ1n) is 6.94. The van der Waals surface area contributed by atoms with Crippen LogP contribution in [-0.2, 0) is 11.3 Å². The molecule has 0 spiro atoms. The van der Waals surface area contributed by atoms with E-state index in [4.69, 9.17) is 11.6 Å². The SMILES string of the molecule is O=C(c1ccc(Cl)cc1)C1CC(=O)N(Cc2ccccc2)S1. The third-order valence-electron chi connectivity index (χ3n) is 3.48. The quantitative estimate of drug-likeness (QED) is 0.628. The van der Waals surface area contributed by atoms with Gasteiger partial charge in [-0.25, -0.2) is 0 Å². The summed E-state index contributed by atoms with van der Waals surface area (Å²) >= 11 is 7.16. The molecule has 0 bridgehead atoms. The molecule has 0 N–H and O–H groups in total. The molecule has 5 heteroatoms. The van der Waals surface area contributed by atoms with Crippen LogP contribution in [0.15, 0.2) is 54.6 Å². The highest BCUT2D eigenvalue weighted by Crippen LogP contribution is 2.33. The summed E-state index contributed by atoms with van der Waals surface area (Å²) in [7, 11) is 0. The van der Waals surface area contributed by atoms with Crippen LogP contribution < -0.4 is 0 Å².